The molecule has 0 unspecified atom stereocenters. The van der Waals surface area contributed by atoms with Crippen LogP contribution in [0.3, 0.4) is 0 Å². The lowest BCUT2D eigenvalue weighted by atomic mass is 10.1. The van der Waals surface area contributed by atoms with Crippen LogP contribution >= 0.6 is 0 Å². The van der Waals surface area contributed by atoms with Crippen LogP contribution in [0, 0.1) is 17.7 Å². The Bertz CT molecular complexity index is 1170. The molecular formula is C23H19FN4O3. The van der Waals surface area contributed by atoms with Crippen LogP contribution < -0.4 is 10.2 Å². The molecule has 0 atom stereocenters. The fourth-order valence-electron chi connectivity index (χ4n) is 3.16. The molecule has 2 amide bonds. The van der Waals surface area contributed by atoms with Gasteiger partial charge in [0.05, 0.1) is 18.8 Å². The third-order valence-corrected chi connectivity index (χ3v) is 4.76. The molecule has 31 heavy (non-hydrogen) atoms. The number of benzene rings is 2. The third kappa shape index (κ3) is 4.56. The van der Waals surface area contributed by atoms with Gasteiger partial charge in [0, 0.05) is 23.9 Å². The van der Waals surface area contributed by atoms with Gasteiger partial charge in [-0.1, -0.05) is 11.8 Å². The average molecular weight is 418 g/mol. The highest BCUT2D eigenvalue weighted by Crippen LogP contribution is 2.20. The molecule has 1 aliphatic heterocycles. The zero-order valence-electron chi connectivity index (χ0n) is 16.8. The molecule has 7 nitrogen and oxygen atoms in total. The fraction of sp³-hybridized carbons (Fsp3) is 0.174. The van der Waals surface area contributed by atoms with Gasteiger partial charge in [0.15, 0.2) is 0 Å². The Balaban J connectivity index is 1.35. The first kappa shape index (κ1) is 20.2. The molecule has 1 saturated heterocycles. The predicted octanol–water partition coefficient (Wildman–Crippen LogP) is 2.96. The Morgan fingerprint density at radius 1 is 1.19 bits per heavy atom. The van der Waals surface area contributed by atoms with E-state index >= 15 is 0 Å². The van der Waals surface area contributed by atoms with Gasteiger partial charge in [-0.25, -0.2) is 9.18 Å². The number of hydrogen-bond acceptors (Lipinski definition) is 4. The number of hydrogen-bond donors (Lipinski definition) is 1. The van der Waals surface area contributed by atoms with E-state index in [0.29, 0.717) is 24.5 Å². The van der Waals surface area contributed by atoms with E-state index in [1.807, 2.05) is 24.3 Å². The van der Waals surface area contributed by atoms with Gasteiger partial charge in [0.2, 0.25) is 0 Å². The van der Waals surface area contributed by atoms with Crippen molar-refractivity contribution in [1.82, 2.24) is 15.1 Å². The second-order valence-corrected chi connectivity index (χ2v) is 6.84. The molecule has 4 rings (SSSR count). The molecule has 0 aliphatic carbocycles. The average Bonchev–Trinajstić information content (AvgIpc) is 3.37. The van der Waals surface area contributed by atoms with Crippen LogP contribution in [-0.2, 0) is 11.8 Å². The molecule has 0 saturated carbocycles. The lowest BCUT2D eigenvalue weighted by Crippen LogP contribution is -2.25. The maximum absolute atomic E-state index is 13.1. The maximum atomic E-state index is 13.1. The van der Waals surface area contributed by atoms with Crippen LogP contribution in [0.5, 0.6) is 0 Å². The first-order valence-electron chi connectivity index (χ1n) is 9.63. The van der Waals surface area contributed by atoms with Crippen molar-refractivity contribution in [3.63, 3.8) is 0 Å². The summed E-state index contributed by atoms with van der Waals surface area (Å²) in [7, 11) is 1.67. The molecule has 2 aromatic carbocycles. The van der Waals surface area contributed by atoms with E-state index in [1.54, 1.807) is 30.1 Å². The first-order chi connectivity index (χ1) is 15.0. The van der Waals surface area contributed by atoms with Crippen molar-refractivity contribution in [2.45, 2.75) is 0 Å². The zero-order valence-corrected chi connectivity index (χ0v) is 16.8. The Hall–Kier alpha value is -4.12. The van der Waals surface area contributed by atoms with E-state index in [9.17, 15) is 14.0 Å². The summed E-state index contributed by atoms with van der Waals surface area (Å²) in [6.07, 6.45) is -0.348. The number of ether oxygens (including phenoxy) is 1. The number of halogens is 1. The Morgan fingerprint density at radius 2 is 1.94 bits per heavy atom. The van der Waals surface area contributed by atoms with E-state index in [2.05, 4.69) is 22.3 Å². The van der Waals surface area contributed by atoms with E-state index < -0.39 is 0 Å². The molecule has 156 valence electrons. The SMILES string of the molecule is Cn1nc(-c2ccc(F)cc2)cc1C(=O)NCC#Cc1ccc(N2CCOC2=O)cc1. The van der Waals surface area contributed by atoms with Gasteiger partial charge >= 0.3 is 6.09 Å². The molecule has 0 radical (unpaired) electrons. The van der Waals surface area contributed by atoms with Crippen LogP contribution in [0.2, 0.25) is 0 Å². The van der Waals surface area contributed by atoms with Crippen LogP contribution in [0.25, 0.3) is 11.3 Å². The van der Waals surface area contributed by atoms with E-state index in [4.69, 9.17) is 4.74 Å². The first-order valence-corrected chi connectivity index (χ1v) is 9.63. The van der Waals surface area contributed by atoms with Crippen molar-refractivity contribution in [2.24, 2.45) is 7.05 Å². The maximum Gasteiger partial charge on any atom is 0.414 e. The number of carbonyl (C=O) groups excluding carboxylic acids is 2. The van der Waals surface area contributed by atoms with Crippen LogP contribution in [0.15, 0.2) is 54.6 Å². The fourth-order valence-corrected chi connectivity index (χ4v) is 3.16. The van der Waals surface area contributed by atoms with Gasteiger partial charge in [0.1, 0.15) is 18.1 Å². The summed E-state index contributed by atoms with van der Waals surface area (Å²) in [6, 6.07) is 14.8. The lowest BCUT2D eigenvalue weighted by Gasteiger charge is -2.11. The van der Waals surface area contributed by atoms with Gasteiger partial charge in [-0.3, -0.25) is 14.4 Å². The van der Waals surface area contributed by atoms with Gasteiger partial charge in [-0.2, -0.15) is 5.10 Å². The number of aryl methyl sites for hydroxylation is 1. The Kier molecular flexibility index (Phi) is 5.67. The van der Waals surface area contributed by atoms with E-state index in [-0.39, 0.29) is 24.4 Å². The predicted molar refractivity (Wildman–Crippen MR) is 113 cm³/mol. The number of rotatable bonds is 4. The largest absolute Gasteiger partial charge is 0.447 e. The third-order valence-electron chi connectivity index (χ3n) is 4.76. The number of carbonyl (C=O) groups is 2. The summed E-state index contributed by atoms with van der Waals surface area (Å²) in [5, 5.41) is 7.06. The number of anilines is 1. The van der Waals surface area contributed by atoms with Crippen molar-refractivity contribution in [1.29, 1.82) is 0 Å². The Morgan fingerprint density at radius 3 is 2.61 bits per heavy atom. The van der Waals surface area contributed by atoms with Crippen LogP contribution in [-0.4, -0.2) is 41.5 Å². The smallest absolute Gasteiger partial charge is 0.414 e. The van der Waals surface area contributed by atoms with Gasteiger partial charge in [-0.05, 0) is 54.6 Å². The summed E-state index contributed by atoms with van der Waals surface area (Å²) in [5.41, 5.74) is 3.21. The topological polar surface area (TPSA) is 76.5 Å². The van der Waals surface area contributed by atoms with Crippen LogP contribution in [0.4, 0.5) is 14.9 Å². The second-order valence-electron chi connectivity index (χ2n) is 6.84. The van der Waals surface area contributed by atoms with E-state index in [1.165, 1.54) is 16.8 Å². The number of nitrogens with zero attached hydrogens (tertiary/aromatic N) is 3. The normalized spacial score (nSPS) is 12.8. The summed E-state index contributed by atoms with van der Waals surface area (Å²) >= 11 is 0. The molecule has 1 aromatic heterocycles. The molecular weight excluding hydrogens is 399 g/mol. The number of cyclic esters (lactones) is 1. The minimum absolute atomic E-state index is 0.163. The number of amides is 2. The van der Waals surface area contributed by atoms with E-state index in [0.717, 1.165) is 16.8 Å². The second kappa shape index (κ2) is 8.71. The summed E-state index contributed by atoms with van der Waals surface area (Å²) in [5.74, 6) is 5.25. The van der Waals surface area contributed by atoms with Crippen LogP contribution in [0.1, 0.15) is 16.1 Å². The van der Waals surface area contributed by atoms with Crippen molar-refractivity contribution >= 4 is 17.7 Å². The highest BCUT2D eigenvalue weighted by Gasteiger charge is 2.23. The highest BCUT2D eigenvalue weighted by atomic mass is 19.1. The van der Waals surface area contributed by atoms with Gasteiger partial charge in [0.25, 0.3) is 5.91 Å². The van der Waals surface area contributed by atoms with Crippen molar-refractivity contribution in [3.05, 3.63) is 71.7 Å². The molecule has 1 fully saturated rings. The number of nitrogens with one attached hydrogen (secondary N) is 1. The molecule has 1 N–H and O–H groups in total. The Labute approximate surface area is 178 Å². The number of aromatic nitrogens is 2. The van der Waals surface area contributed by atoms with Gasteiger partial charge in [-0.15, -0.1) is 0 Å². The quantitative estimate of drug-likeness (QED) is 0.661. The molecule has 1 aliphatic rings. The molecule has 0 spiro atoms. The minimum Gasteiger partial charge on any atom is -0.447 e. The lowest BCUT2D eigenvalue weighted by molar-refractivity contribution is 0.0949. The van der Waals surface area contributed by atoms with Gasteiger partial charge < -0.3 is 10.1 Å². The molecule has 3 aromatic rings. The summed E-state index contributed by atoms with van der Waals surface area (Å²) in [4.78, 5) is 25.6. The molecule has 0 bridgehead atoms. The molecule has 8 heteroatoms. The zero-order chi connectivity index (χ0) is 21.8. The minimum atomic E-state index is -0.348. The van der Waals surface area contributed by atoms with Crippen molar-refractivity contribution in [3.8, 4) is 23.1 Å². The van der Waals surface area contributed by atoms with Crippen molar-refractivity contribution in [2.75, 3.05) is 24.6 Å². The molecule has 2 heterocycles. The highest BCUT2D eigenvalue weighted by molar-refractivity contribution is 5.93. The standard InChI is InChI=1S/C23H19FN4O3/c1-27-21(15-20(26-27)17-6-8-18(24)9-7-17)22(29)25-12-2-3-16-4-10-19(11-5-16)28-13-14-31-23(28)30/h4-11,15H,12-14H2,1H3,(H,25,29). The monoisotopic (exact) mass is 418 g/mol. The summed E-state index contributed by atoms with van der Waals surface area (Å²) in [6.45, 7) is 1.09. The summed E-state index contributed by atoms with van der Waals surface area (Å²) < 4.78 is 19.5. The van der Waals surface area contributed by atoms with Crippen molar-refractivity contribution < 1.29 is 18.7 Å².